The Bertz CT molecular complexity index is 1110. The highest BCUT2D eigenvalue weighted by Crippen LogP contribution is 2.30. The maximum Gasteiger partial charge on any atom is 0.226 e. The van der Waals surface area contributed by atoms with Crippen LogP contribution in [-0.2, 0) is 21.1 Å². The summed E-state index contributed by atoms with van der Waals surface area (Å²) in [5.74, 6) is 2.04. The highest BCUT2D eigenvalue weighted by molar-refractivity contribution is 7.90. The SMILES string of the molecule is CS(=O)(=O)CCNCc1ccc(-c2ccc3ncnc(OC4CCCCO4)c3c2)o1. The maximum absolute atomic E-state index is 11.2. The van der Waals surface area contributed by atoms with Crippen LogP contribution in [0.1, 0.15) is 25.0 Å². The third-order valence-electron chi connectivity index (χ3n) is 4.87. The van der Waals surface area contributed by atoms with Crippen LogP contribution in [-0.4, -0.2) is 49.8 Å². The number of benzene rings is 1. The topological polar surface area (TPSA) is 104 Å². The van der Waals surface area contributed by atoms with E-state index in [1.54, 1.807) is 0 Å². The molecule has 1 aliphatic rings. The van der Waals surface area contributed by atoms with Gasteiger partial charge in [0.05, 0.1) is 29.8 Å². The predicted octanol–water partition coefficient (Wildman–Crippen LogP) is 2.93. The van der Waals surface area contributed by atoms with Crippen LogP contribution < -0.4 is 10.1 Å². The predicted molar refractivity (Wildman–Crippen MR) is 113 cm³/mol. The zero-order valence-electron chi connectivity index (χ0n) is 16.8. The van der Waals surface area contributed by atoms with Crippen LogP contribution in [0.4, 0.5) is 0 Å². The van der Waals surface area contributed by atoms with E-state index in [9.17, 15) is 8.42 Å². The third kappa shape index (κ3) is 5.35. The van der Waals surface area contributed by atoms with Gasteiger partial charge < -0.3 is 19.2 Å². The van der Waals surface area contributed by atoms with Crippen LogP contribution in [0.3, 0.4) is 0 Å². The van der Waals surface area contributed by atoms with Crippen LogP contribution in [0.15, 0.2) is 41.1 Å². The minimum Gasteiger partial charge on any atom is -0.460 e. The molecule has 3 heterocycles. The number of hydrogen-bond donors (Lipinski definition) is 1. The molecule has 1 aliphatic heterocycles. The molecule has 1 saturated heterocycles. The van der Waals surface area contributed by atoms with Gasteiger partial charge in [0.1, 0.15) is 27.7 Å². The summed E-state index contributed by atoms with van der Waals surface area (Å²) in [5.41, 5.74) is 1.67. The molecule has 1 unspecified atom stereocenters. The van der Waals surface area contributed by atoms with Crippen molar-refractivity contribution in [1.82, 2.24) is 15.3 Å². The van der Waals surface area contributed by atoms with Gasteiger partial charge in [-0.05, 0) is 43.2 Å². The number of fused-ring (bicyclic) bond motifs is 1. The average molecular weight is 432 g/mol. The molecule has 30 heavy (non-hydrogen) atoms. The number of hydrogen-bond acceptors (Lipinski definition) is 8. The number of rotatable bonds is 8. The molecule has 0 aliphatic carbocycles. The fraction of sp³-hybridized carbons (Fsp3) is 0.429. The van der Waals surface area contributed by atoms with Gasteiger partial charge in [-0.15, -0.1) is 0 Å². The summed E-state index contributed by atoms with van der Waals surface area (Å²) in [6, 6.07) is 9.57. The van der Waals surface area contributed by atoms with Crippen molar-refractivity contribution < 1.29 is 22.3 Å². The summed E-state index contributed by atoms with van der Waals surface area (Å²) < 4.78 is 40.0. The Morgan fingerprint density at radius 3 is 2.90 bits per heavy atom. The minimum atomic E-state index is -2.98. The molecule has 3 aromatic rings. The summed E-state index contributed by atoms with van der Waals surface area (Å²) in [4.78, 5) is 8.63. The largest absolute Gasteiger partial charge is 0.460 e. The van der Waals surface area contributed by atoms with E-state index in [2.05, 4.69) is 15.3 Å². The van der Waals surface area contributed by atoms with Gasteiger partial charge in [-0.25, -0.2) is 18.4 Å². The van der Waals surface area contributed by atoms with E-state index in [1.807, 2.05) is 30.3 Å². The van der Waals surface area contributed by atoms with Crippen LogP contribution in [0.2, 0.25) is 0 Å². The average Bonchev–Trinajstić information content (AvgIpc) is 3.20. The fourth-order valence-electron chi connectivity index (χ4n) is 3.31. The van der Waals surface area contributed by atoms with E-state index < -0.39 is 9.84 Å². The van der Waals surface area contributed by atoms with Crippen LogP contribution in [0.25, 0.3) is 22.2 Å². The van der Waals surface area contributed by atoms with Crippen molar-refractivity contribution in [2.45, 2.75) is 32.1 Å². The van der Waals surface area contributed by atoms with Gasteiger partial charge in [0.15, 0.2) is 0 Å². The monoisotopic (exact) mass is 431 g/mol. The molecular weight excluding hydrogens is 406 g/mol. The summed E-state index contributed by atoms with van der Waals surface area (Å²) in [5, 5.41) is 3.88. The lowest BCUT2D eigenvalue weighted by Gasteiger charge is -2.23. The Labute approximate surface area is 175 Å². The molecule has 0 spiro atoms. The first-order chi connectivity index (χ1) is 14.5. The van der Waals surface area contributed by atoms with Gasteiger partial charge >= 0.3 is 0 Å². The number of nitrogens with one attached hydrogen (secondary N) is 1. The molecule has 4 rings (SSSR count). The van der Waals surface area contributed by atoms with Gasteiger partial charge in [0, 0.05) is 24.8 Å². The number of ether oxygens (including phenoxy) is 2. The van der Waals surface area contributed by atoms with Crippen molar-refractivity contribution in [2.75, 3.05) is 25.2 Å². The second-order valence-electron chi connectivity index (χ2n) is 7.40. The van der Waals surface area contributed by atoms with Crippen molar-refractivity contribution in [3.05, 3.63) is 42.4 Å². The molecule has 160 valence electrons. The van der Waals surface area contributed by atoms with E-state index in [-0.39, 0.29) is 12.0 Å². The Kier molecular flexibility index (Phi) is 6.31. The van der Waals surface area contributed by atoms with Crippen LogP contribution in [0, 0.1) is 0 Å². The molecule has 0 bridgehead atoms. The lowest BCUT2D eigenvalue weighted by molar-refractivity contribution is -0.107. The molecule has 0 saturated carbocycles. The highest BCUT2D eigenvalue weighted by atomic mass is 32.2. The third-order valence-corrected chi connectivity index (χ3v) is 5.82. The van der Waals surface area contributed by atoms with Crippen molar-refractivity contribution in [3.63, 3.8) is 0 Å². The smallest absolute Gasteiger partial charge is 0.226 e. The van der Waals surface area contributed by atoms with Crippen molar-refractivity contribution in [1.29, 1.82) is 0 Å². The Hall–Kier alpha value is -2.49. The van der Waals surface area contributed by atoms with Crippen LogP contribution >= 0.6 is 0 Å². The zero-order valence-corrected chi connectivity index (χ0v) is 17.7. The molecule has 0 radical (unpaired) electrons. The van der Waals surface area contributed by atoms with Gasteiger partial charge in [0.2, 0.25) is 12.2 Å². The van der Waals surface area contributed by atoms with Crippen molar-refractivity contribution >= 4 is 20.7 Å². The molecule has 9 heteroatoms. The molecule has 8 nitrogen and oxygen atoms in total. The Morgan fingerprint density at radius 2 is 2.10 bits per heavy atom. The number of furan rings is 1. The first-order valence-electron chi connectivity index (χ1n) is 9.98. The first kappa shape index (κ1) is 20.8. The number of aromatic nitrogens is 2. The van der Waals surface area contributed by atoms with Gasteiger partial charge in [-0.1, -0.05) is 0 Å². The maximum atomic E-state index is 11.2. The summed E-state index contributed by atoms with van der Waals surface area (Å²) in [6.45, 7) is 1.54. The molecule has 1 atom stereocenters. The normalized spacial score (nSPS) is 17.3. The molecule has 1 N–H and O–H groups in total. The van der Waals surface area contributed by atoms with E-state index >= 15 is 0 Å². The second-order valence-corrected chi connectivity index (χ2v) is 9.66. The minimum absolute atomic E-state index is 0.0960. The highest BCUT2D eigenvalue weighted by Gasteiger charge is 2.18. The van der Waals surface area contributed by atoms with E-state index in [1.165, 1.54) is 12.6 Å². The van der Waals surface area contributed by atoms with E-state index in [4.69, 9.17) is 13.9 Å². The van der Waals surface area contributed by atoms with E-state index in [0.29, 0.717) is 31.3 Å². The second kappa shape index (κ2) is 9.11. The van der Waals surface area contributed by atoms with Gasteiger partial charge in [0.25, 0.3) is 0 Å². The zero-order chi connectivity index (χ0) is 21.0. The number of nitrogens with zero attached hydrogens (tertiary/aromatic N) is 2. The first-order valence-corrected chi connectivity index (χ1v) is 12.0. The lowest BCUT2D eigenvalue weighted by Crippen LogP contribution is -2.25. The van der Waals surface area contributed by atoms with E-state index in [0.717, 1.165) is 41.5 Å². The summed E-state index contributed by atoms with van der Waals surface area (Å²) >= 11 is 0. The molecule has 2 aromatic heterocycles. The standard InChI is InChI=1S/C21H25N3O5S/c1-30(25,26)11-9-22-13-16-6-8-19(28-16)15-5-7-18-17(12-15)21(24-14-23-18)29-20-4-2-3-10-27-20/h5-8,12,14,20,22H,2-4,9-11,13H2,1H3. The lowest BCUT2D eigenvalue weighted by atomic mass is 10.1. The molecule has 1 fully saturated rings. The quantitative estimate of drug-likeness (QED) is 0.543. The molecule has 1 aromatic carbocycles. The van der Waals surface area contributed by atoms with Gasteiger partial charge in [-0.2, -0.15) is 0 Å². The molecular formula is C21H25N3O5S. The number of sulfone groups is 1. The Morgan fingerprint density at radius 1 is 1.20 bits per heavy atom. The van der Waals surface area contributed by atoms with Gasteiger partial charge in [-0.3, -0.25) is 0 Å². The Balaban J connectivity index is 1.49. The summed E-state index contributed by atoms with van der Waals surface area (Å²) in [7, 11) is -2.98. The van der Waals surface area contributed by atoms with Crippen molar-refractivity contribution in [2.24, 2.45) is 0 Å². The summed E-state index contributed by atoms with van der Waals surface area (Å²) in [6.07, 6.45) is 5.41. The fourth-order valence-corrected chi connectivity index (χ4v) is 3.82. The van der Waals surface area contributed by atoms with Crippen molar-refractivity contribution in [3.8, 4) is 17.2 Å². The van der Waals surface area contributed by atoms with Crippen LogP contribution in [0.5, 0.6) is 5.88 Å². The molecule has 0 amide bonds.